The maximum atomic E-state index is 11.8. The van der Waals surface area contributed by atoms with E-state index in [9.17, 15) is 33.7 Å². The molecule has 2 aromatic heterocycles. The van der Waals surface area contributed by atoms with Crippen LogP contribution in [0.25, 0.3) is 11.2 Å². The molecule has 2 aromatic rings. The summed E-state index contributed by atoms with van der Waals surface area (Å²) in [5, 5.41) is 19.1. The molecule has 4 atom stereocenters. The molecule has 0 aliphatic carbocycles. The summed E-state index contributed by atoms with van der Waals surface area (Å²) < 4.78 is 45.7. The number of aliphatic hydroxyl groups excluding tert-OH is 1. The number of nitrogen functional groups attached to an aromatic ring is 1. The molecule has 2 unspecified atom stereocenters. The predicted molar refractivity (Wildman–Crippen MR) is 93.7 cm³/mol. The number of imidazole rings is 1. The molecule has 9 N–H and O–H groups in total. The van der Waals surface area contributed by atoms with Crippen molar-refractivity contribution in [3.8, 4) is 0 Å². The summed E-state index contributed by atoms with van der Waals surface area (Å²) in [6, 6.07) is 0. The van der Waals surface area contributed by atoms with Crippen LogP contribution in [0.1, 0.15) is 12.6 Å². The van der Waals surface area contributed by atoms with Crippen LogP contribution in [-0.4, -0.2) is 66.1 Å². The van der Waals surface area contributed by atoms with Crippen molar-refractivity contribution in [2.45, 2.75) is 18.9 Å². The van der Waals surface area contributed by atoms with Gasteiger partial charge in [-0.2, -0.15) is 18.2 Å². The Morgan fingerprint density at radius 3 is 2.50 bits per heavy atom. The molecule has 3 heterocycles. The summed E-state index contributed by atoms with van der Waals surface area (Å²) in [4.78, 5) is 62.2. The van der Waals surface area contributed by atoms with Crippen molar-refractivity contribution in [1.82, 2.24) is 30.0 Å². The van der Waals surface area contributed by atoms with Gasteiger partial charge in [-0.15, -0.1) is 0 Å². The predicted octanol–water partition coefficient (Wildman–Crippen LogP) is -1.98. The molecule has 0 bridgehead atoms. The fraction of sp³-hybridized carbons (Fsp3) is 0.375. The number of nitrogens with zero attached hydrogens (tertiary/aromatic N) is 5. The Morgan fingerprint density at radius 1 is 1.22 bits per heavy atom. The van der Waals surface area contributed by atoms with Crippen molar-refractivity contribution in [2.24, 2.45) is 0 Å². The minimum Gasteiger partial charge on any atom is -0.374 e. The van der Waals surface area contributed by atoms with Crippen molar-refractivity contribution < 1.29 is 61.7 Å². The molecule has 32 heavy (non-hydrogen) atoms. The smallest absolute Gasteiger partial charge is 0.374 e. The third-order valence-electron chi connectivity index (χ3n) is 3.42. The SMILES string of the molecule is Nc1nc2c(ncn2[C@H]2C[C@H](O)N(N(O)OP(=O)(O)OP(=O)(O)OP(=O)(O)O)O2)c(=O)[nH]1. The first-order chi connectivity index (χ1) is 14.6. The number of hydrogen-bond acceptors (Lipinski definition) is 15. The molecular formula is C8H14N7O14P3. The van der Waals surface area contributed by atoms with E-state index >= 15 is 0 Å². The number of nitrogens with one attached hydrogen (secondary N) is 1. The zero-order valence-electron chi connectivity index (χ0n) is 15.0. The Hall–Kier alpha value is -1.64. The summed E-state index contributed by atoms with van der Waals surface area (Å²) in [5.74, 6) is -0.268. The van der Waals surface area contributed by atoms with Crippen LogP contribution >= 0.6 is 23.5 Å². The molecule has 24 heteroatoms. The maximum absolute atomic E-state index is 11.8. The van der Waals surface area contributed by atoms with Crippen molar-refractivity contribution in [3.63, 3.8) is 0 Å². The van der Waals surface area contributed by atoms with E-state index in [4.69, 9.17) is 25.3 Å². The van der Waals surface area contributed by atoms with Gasteiger partial charge in [0.05, 0.1) is 6.33 Å². The van der Waals surface area contributed by atoms with Crippen LogP contribution in [0.5, 0.6) is 0 Å². The molecule has 0 amide bonds. The fourth-order valence-corrected chi connectivity index (χ4v) is 5.29. The second kappa shape index (κ2) is 8.61. The normalized spacial score (nSPS) is 24.1. The van der Waals surface area contributed by atoms with Gasteiger partial charge in [0.25, 0.3) is 5.56 Å². The highest BCUT2D eigenvalue weighted by molar-refractivity contribution is 7.66. The molecule has 1 aliphatic rings. The molecule has 0 saturated carbocycles. The number of hydrazine groups is 1. The van der Waals surface area contributed by atoms with Gasteiger partial charge in [0.2, 0.25) is 5.95 Å². The van der Waals surface area contributed by atoms with E-state index in [0.717, 1.165) is 10.9 Å². The number of hydroxylamine groups is 1. The Kier molecular flexibility index (Phi) is 6.73. The van der Waals surface area contributed by atoms with E-state index < -0.39 is 46.8 Å². The summed E-state index contributed by atoms with van der Waals surface area (Å²) in [6.07, 6.45) is -2.31. The molecule has 1 saturated heterocycles. The van der Waals surface area contributed by atoms with Crippen LogP contribution in [0.2, 0.25) is 0 Å². The summed E-state index contributed by atoms with van der Waals surface area (Å²) in [5.41, 5.74) is 4.55. The first kappa shape index (κ1) is 25.0. The Balaban J connectivity index is 1.73. The van der Waals surface area contributed by atoms with Gasteiger partial charge in [-0.05, 0) is 5.17 Å². The van der Waals surface area contributed by atoms with Gasteiger partial charge in [0.15, 0.2) is 23.6 Å². The topological polar surface area (TPSA) is 306 Å². The van der Waals surface area contributed by atoms with Gasteiger partial charge >= 0.3 is 23.5 Å². The van der Waals surface area contributed by atoms with Crippen LogP contribution < -0.4 is 11.3 Å². The van der Waals surface area contributed by atoms with E-state index in [-0.39, 0.29) is 28.7 Å². The van der Waals surface area contributed by atoms with Gasteiger partial charge in [-0.1, -0.05) is 0 Å². The standard InChI is InChI=1S/C8H14N7O14P3/c9-8-11-6-5(7(17)12-8)10-2-13(6)4-1-3(16)14(26-4)15(18)27-31(22,23)29-32(24,25)28-30(19,20)21/h2-4,16,18H,1H2,(H,22,23)(H,24,25)(H2,19,20,21)(H3,9,11,12,17)/t3-,4+/m0/s1. The first-order valence-corrected chi connectivity index (χ1v) is 12.3. The average Bonchev–Trinajstić information content (AvgIpc) is 3.14. The Bertz CT molecular complexity index is 1210. The lowest BCUT2D eigenvalue weighted by molar-refractivity contribution is -0.508. The van der Waals surface area contributed by atoms with E-state index in [1.54, 1.807) is 0 Å². The van der Waals surface area contributed by atoms with Gasteiger partial charge in [-0.25, -0.2) is 18.7 Å². The largest absolute Gasteiger partial charge is 0.501 e. The molecular weight excluding hydrogens is 511 g/mol. The number of rotatable bonds is 8. The molecule has 21 nitrogen and oxygen atoms in total. The zero-order chi connectivity index (χ0) is 24.1. The number of hydrogen-bond donors (Lipinski definition) is 8. The van der Waals surface area contributed by atoms with Crippen LogP contribution in [0.3, 0.4) is 0 Å². The van der Waals surface area contributed by atoms with Crippen LogP contribution in [0.4, 0.5) is 5.95 Å². The van der Waals surface area contributed by atoms with Gasteiger partial charge in [0, 0.05) is 11.8 Å². The number of aromatic amines is 1. The lowest BCUT2D eigenvalue weighted by Crippen LogP contribution is -2.42. The van der Waals surface area contributed by atoms with Gasteiger partial charge < -0.3 is 30.4 Å². The quantitative estimate of drug-likeness (QED) is 0.137. The minimum absolute atomic E-state index is 0.0609. The highest BCUT2D eigenvalue weighted by Crippen LogP contribution is 2.66. The molecule has 1 fully saturated rings. The number of nitrogens with two attached hydrogens (primary N) is 1. The first-order valence-electron chi connectivity index (χ1n) is 7.76. The molecule has 0 radical (unpaired) electrons. The third kappa shape index (κ3) is 5.83. The lowest BCUT2D eigenvalue weighted by Gasteiger charge is -2.26. The van der Waals surface area contributed by atoms with Crippen molar-refractivity contribution in [2.75, 3.05) is 5.73 Å². The monoisotopic (exact) mass is 525 g/mol. The number of aromatic nitrogens is 4. The number of phosphoric acid groups is 3. The second-order valence-corrected chi connectivity index (χ2v) is 10.1. The number of anilines is 1. The molecule has 3 rings (SSSR count). The Labute approximate surface area is 174 Å². The van der Waals surface area contributed by atoms with E-state index in [2.05, 4.69) is 28.2 Å². The van der Waals surface area contributed by atoms with Gasteiger partial charge in [0.1, 0.15) is 0 Å². The van der Waals surface area contributed by atoms with Crippen LogP contribution in [0, 0.1) is 0 Å². The van der Waals surface area contributed by atoms with Crippen LogP contribution in [-0.2, 0) is 31.8 Å². The van der Waals surface area contributed by atoms with Crippen molar-refractivity contribution in [1.29, 1.82) is 0 Å². The summed E-state index contributed by atoms with van der Waals surface area (Å²) in [6.45, 7) is 0. The second-order valence-electron chi connectivity index (χ2n) is 5.78. The molecule has 1 aliphatic heterocycles. The molecule has 180 valence electrons. The van der Waals surface area contributed by atoms with Gasteiger partial charge in [-0.3, -0.25) is 24.4 Å². The third-order valence-corrected chi connectivity index (χ3v) is 7.10. The molecule has 0 spiro atoms. The lowest BCUT2D eigenvalue weighted by atomic mass is 10.3. The number of H-pyrrole nitrogens is 1. The highest BCUT2D eigenvalue weighted by Gasteiger charge is 2.45. The summed E-state index contributed by atoms with van der Waals surface area (Å²) >= 11 is 0. The minimum atomic E-state index is -5.85. The highest BCUT2D eigenvalue weighted by atomic mass is 31.3. The Morgan fingerprint density at radius 2 is 1.88 bits per heavy atom. The van der Waals surface area contributed by atoms with Crippen molar-refractivity contribution >= 4 is 40.6 Å². The summed E-state index contributed by atoms with van der Waals surface area (Å²) in [7, 11) is -17.3. The maximum Gasteiger partial charge on any atom is 0.501 e. The van der Waals surface area contributed by atoms with E-state index in [1.165, 1.54) is 0 Å². The van der Waals surface area contributed by atoms with E-state index in [0.29, 0.717) is 0 Å². The average molecular weight is 525 g/mol. The number of aliphatic hydroxyl groups is 1. The van der Waals surface area contributed by atoms with E-state index in [1.807, 2.05) is 0 Å². The number of fused-ring (bicyclic) bond motifs is 1. The fourth-order valence-electron chi connectivity index (χ4n) is 2.40. The molecule has 0 aromatic carbocycles. The van der Waals surface area contributed by atoms with Crippen LogP contribution in [0.15, 0.2) is 11.1 Å². The van der Waals surface area contributed by atoms with Crippen molar-refractivity contribution in [3.05, 3.63) is 16.7 Å². The zero-order valence-corrected chi connectivity index (χ0v) is 17.7.